The van der Waals surface area contributed by atoms with Gasteiger partial charge in [0.2, 0.25) is 5.91 Å². The van der Waals surface area contributed by atoms with Crippen molar-refractivity contribution in [2.45, 2.75) is 37.8 Å². The Labute approximate surface area is 157 Å². The molecule has 1 saturated heterocycles. The molecule has 1 aliphatic carbocycles. The van der Waals surface area contributed by atoms with Crippen LogP contribution in [-0.2, 0) is 11.8 Å². The lowest BCUT2D eigenvalue weighted by Crippen LogP contribution is -2.42. The molecular weight excluding hydrogens is 369 g/mol. The van der Waals surface area contributed by atoms with Gasteiger partial charge < -0.3 is 10.6 Å². The van der Waals surface area contributed by atoms with Gasteiger partial charge in [-0.25, -0.2) is 0 Å². The summed E-state index contributed by atoms with van der Waals surface area (Å²) in [7, 11) is 1.82. The van der Waals surface area contributed by atoms with Gasteiger partial charge in [-0.05, 0) is 24.3 Å². The molecule has 4 atom stereocenters. The van der Waals surface area contributed by atoms with Gasteiger partial charge in [-0.15, -0.1) is 12.4 Å². The molecule has 1 aromatic heterocycles. The van der Waals surface area contributed by atoms with Crippen LogP contribution in [0.5, 0.6) is 0 Å². The van der Waals surface area contributed by atoms with E-state index >= 15 is 0 Å². The number of hydrogen-bond donors (Lipinski definition) is 2. The number of rotatable bonds is 4. The molecular formula is C17H26ClF3N4O. The topological polar surface area (TPSA) is 59.0 Å². The summed E-state index contributed by atoms with van der Waals surface area (Å²) in [5.74, 6) is -2.22. The molecule has 2 aliphatic rings. The number of carbonyl (C=O) groups excluding carboxylic acids is 1. The molecule has 0 aromatic carbocycles. The zero-order chi connectivity index (χ0) is 18.0. The summed E-state index contributed by atoms with van der Waals surface area (Å²) in [6, 6.07) is 0. The zero-order valence-corrected chi connectivity index (χ0v) is 15.6. The van der Waals surface area contributed by atoms with E-state index in [9.17, 15) is 18.0 Å². The Kier molecular flexibility index (Phi) is 6.96. The summed E-state index contributed by atoms with van der Waals surface area (Å²) >= 11 is 0. The summed E-state index contributed by atoms with van der Waals surface area (Å²) in [4.78, 5) is 12.6. The molecule has 2 heterocycles. The fourth-order valence-electron chi connectivity index (χ4n) is 4.18. The predicted molar refractivity (Wildman–Crippen MR) is 94.1 cm³/mol. The third-order valence-corrected chi connectivity index (χ3v) is 5.57. The van der Waals surface area contributed by atoms with Crippen LogP contribution in [0.1, 0.15) is 37.2 Å². The second-order valence-corrected chi connectivity index (χ2v) is 7.26. The minimum Gasteiger partial charge on any atom is -0.356 e. The number of alkyl halides is 3. The molecule has 1 aromatic rings. The van der Waals surface area contributed by atoms with Crippen LogP contribution >= 0.6 is 12.4 Å². The van der Waals surface area contributed by atoms with Crippen molar-refractivity contribution < 1.29 is 18.0 Å². The quantitative estimate of drug-likeness (QED) is 0.825. The lowest BCUT2D eigenvalue weighted by molar-refractivity contribution is -0.195. The Morgan fingerprint density at radius 3 is 2.73 bits per heavy atom. The first-order valence-corrected chi connectivity index (χ1v) is 8.90. The van der Waals surface area contributed by atoms with E-state index in [1.165, 1.54) is 0 Å². The van der Waals surface area contributed by atoms with Crippen molar-refractivity contribution in [1.29, 1.82) is 0 Å². The maximum atomic E-state index is 13.2. The van der Waals surface area contributed by atoms with Crippen LogP contribution < -0.4 is 10.6 Å². The number of amides is 1. The molecule has 2 fully saturated rings. The maximum absolute atomic E-state index is 13.2. The summed E-state index contributed by atoms with van der Waals surface area (Å²) in [5.41, 5.74) is 0.985. The minimum atomic E-state index is -4.18. The van der Waals surface area contributed by atoms with Gasteiger partial charge in [-0.3, -0.25) is 9.48 Å². The van der Waals surface area contributed by atoms with E-state index in [0.29, 0.717) is 25.9 Å². The monoisotopic (exact) mass is 394 g/mol. The zero-order valence-electron chi connectivity index (χ0n) is 14.8. The fourth-order valence-corrected chi connectivity index (χ4v) is 4.18. The van der Waals surface area contributed by atoms with E-state index in [2.05, 4.69) is 15.7 Å². The van der Waals surface area contributed by atoms with Gasteiger partial charge in [0.15, 0.2) is 0 Å². The Hall–Kier alpha value is -1.28. The Morgan fingerprint density at radius 1 is 1.35 bits per heavy atom. The number of halogens is 4. The molecule has 9 heteroatoms. The highest BCUT2D eigenvalue weighted by Crippen LogP contribution is 2.41. The van der Waals surface area contributed by atoms with E-state index in [1.54, 1.807) is 10.9 Å². The molecule has 2 unspecified atom stereocenters. The molecule has 5 nitrogen and oxygen atoms in total. The third kappa shape index (κ3) is 4.71. The number of carbonyl (C=O) groups is 1. The summed E-state index contributed by atoms with van der Waals surface area (Å²) in [6.07, 6.45) is 1.58. The highest BCUT2D eigenvalue weighted by molar-refractivity contribution is 5.85. The Morgan fingerprint density at radius 2 is 2.08 bits per heavy atom. The van der Waals surface area contributed by atoms with Crippen molar-refractivity contribution in [1.82, 2.24) is 20.4 Å². The van der Waals surface area contributed by atoms with Gasteiger partial charge in [-0.2, -0.15) is 18.3 Å². The first kappa shape index (κ1) is 21.0. The molecule has 1 amide bonds. The number of nitrogens with zero attached hydrogens (tertiary/aromatic N) is 2. The van der Waals surface area contributed by atoms with Crippen molar-refractivity contribution in [3.05, 3.63) is 18.0 Å². The van der Waals surface area contributed by atoms with Gasteiger partial charge in [-0.1, -0.05) is 12.8 Å². The number of aryl methyl sites for hydroxylation is 1. The fraction of sp³-hybridized carbons (Fsp3) is 0.765. The smallest absolute Gasteiger partial charge is 0.356 e. The molecule has 0 bridgehead atoms. The molecule has 3 rings (SSSR count). The molecule has 148 valence electrons. The average molecular weight is 395 g/mol. The van der Waals surface area contributed by atoms with Gasteiger partial charge in [0.25, 0.3) is 0 Å². The van der Waals surface area contributed by atoms with E-state index in [1.807, 2.05) is 13.2 Å². The Balaban J connectivity index is 0.00000243. The van der Waals surface area contributed by atoms with E-state index in [-0.39, 0.29) is 43.1 Å². The van der Waals surface area contributed by atoms with Crippen LogP contribution in [0.25, 0.3) is 0 Å². The molecule has 0 spiro atoms. The average Bonchev–Trinajstić information content (AvgIpc) is 3.20. The molecule has 1 aliphatic heterocycles. The van der Waals surface area contributed by atoms with Crippen LogP contribution in [0.4, 0.5) is 13.2 Å². The summed E-state index contributed by atoms with van der Waals surface area (Å²) in [6.45, 7) is 1.33. The lowest BCUT2D eigenvalue weighted by Gasteiger charge is -2.33. The van der Waals surface area contributed by atoms with E-state index < -0.39 is 18.0 Å². The number of hydrogen-bond acceptors (Lipinski definition) is 3. The predicted octanol–water partition coefficient (Wildman–Crippen LogP) is 2.63. The van der Waals surface area contributed by atoms with Gasteiger partial charge in [0, 0.05) is 38.8 Å². The standard InChI is InChI=1S/C17H25F3N4O.ClH/c1-24-10-12(7-23-24)13-8-21-9-14(13)16(25)22-6-11-4-2-3-5-15(11)17(18,19)20;/h7,10-11,13-15,21H,2-6,8-9H2,1H3,(H,22,25);1H/t11?,13-,14+,15?;/m1./s1. The Bertz CT molecular complexity index is 607. The van der Waals surface area contributed by atoms with Crippen LogP contribution in [-0.4, -0.2) is 41.5 Å². The minimum absolute atomic E-state index is 0. The van der Waals surface area contributed by atoms with Gasteiger partial charge in [0.05, 0.1) is 18.0 Å². The van der Waals surface area contributed by atoms with Crippen molar-refractivity contribution >= 4 is 18.3 Å². The second-order valence-electron chi connectivity index (χ2n) is 7.26. The first-order chi connectivity index (χ1) is 11.9. The number of nitrogens with one attached hydrogen (secondary N) is 2. The van der Waals surface area contributed by atoms with E-state index in [4.69, 9.17) is 0 Å². The largest absolute Gasteiger partial charge is 0.392 e. The second kappa shape index (κ2) is 8.61. The normalized spacial score (nSPS) is 29.2. The SMILES string of the molecule is Cl.Cn1cc([C@H]2CNC[C@@H]2C(=O)NCC2CCCCC2C(F)(F)F)cn1. The van der Waals surface area contributed by atoms with Crippen molar-refractivity contribution in [2.24, 2.45) is 24.8 Å². The molecule has 2 N–H and O–H groups in total. The highest BCUT2D eigenvalue weighted by Gasteiger charge is 2.45. The molecule has 26 heavy (non-hydrogen) atoms. The van der Waals surface area contributed by atoms with Crippen molar-refractivity contribution in [3.8, 4) is 0 Å². The van der Waals surface area contributed by atoms with Crippen molar-refractivity contribution in [2.75, 3.05) is 19.6 Å². The highest BCUT2D eigenvalue weighted by atomic mass is 35.5. The van der Waals surface area contributed by atoms with Crippen molar-refractivity contribution in [3.63, 3.8) is 0 Å². The van der Waals surface area contributed by atoms with Crippen LogP contribution in [0.2, 0.25) is 0 Å². The van der Waals surface area contributed by atoms with Crippen LogP contribution in [0.15, 0.2) is 12.4 Å². The number of aromatic nitrogens is 2. The van der Waals surface area contributed by atoms with Gasteiger partial charge in [0.1, 0.15) is 0 Å². The van der Waals surface area contributed by atoms with Crippen LogP contribution in [0, 0.1) is 17.8 Å². The molecule has 1 saturated carbocycles. The van der Waals surface area contributed by atoms with Gasteiger partial charge >= 0.3 is 6.18 Å². The maximum Gasteiger partial charge on any atom is 0.392 e. The third-order valence-electron chi connectivity index (χ3n) is 5.57. The first-order valence-electron chi connectivity index (χ1n) is 8.90. The van der Waals surface area contributed by atoms with Crippen LogP contribution in [0.3, 0.4) is 0 Å². The summed E-state index contributed by atoms with van der Waals surface area (Å²) in [5, 5.41) is 10.1. The van der Waals surface area contributed by atoms with E-state index in [0.717, 1.165) is 12.0 Å². The lowest BCUT2D eigenvalue weighted by atomic mass is 9.78. The molecule has 0 radical (unpaired) electrons. The summed E-state index contributed by atoms with van der Waals surface area (Å²) < 4.78 is 41.2.